The van der Waals surface area contributed by atoms with Crippen molar-refractivity contribution in [2.75, 3.05) is 12.8 Å². The van der Waals surface area contributed by atoms with Gasteiger partial charge in [-0.15, -0.1) is 0 Å². The van der Waals surface area contributed by atoms with Crippen molar-refractivity contribution in [3.63, 3.8) is 0 Å². The molecule has 0 unspecified atom stereocenters. The fourth-order valence-electron chi connectivity index (χ4n) is 0.475. The average molecular weight is 225 g/mol. The van der Waals surface area contributed by atoms with Gasteiger partial charge < -0.3 is 10.7 Å². The molecule has 0 aliphatic heterocycles. The SMILES string of the molecule is CC(C)(CNC(=S)NN)S(C)(=O)=O. The Morgan fingerprint density at radius 2 is 2.00 bits per heavy atom. The van der Waals surface area contributed by atoms with E-state index in [9.17, 15) is 8.42 Å². The van der Waals surface area contributed by atoms with Gasteiger partial charge in [0.1, 0.15) is 0 Å². The van der Waals surface area contributed by atoms with E-state index in [0.717, 1.165) is 0 Å². The molecule has 0 aromatic heterocycles. The van der Waals surface area contributed by atoms with Gasteiger partial charge >= 0.3 is 0 Å². The summed E-state index contributed by atoms with van der Waals surface area (Å²) in [6.07, 6.45) is 1.19. The highest BCUT2D eigenvalue weighted by molar-refractivity contribution is 7.92. The van der Waals surface area contributed by atoms with Crippen molar-refractivity contribution >= 4 is 27.2 Å². The van der Waals surface area contributed by atoms with E-state index in [1.54, 1.807) is 13.8 Å². The monoisotopic (exact) mass is 225 g/mol. The fourth-order valence-corrected chi connectivity index (χ4v) is 0.882. The lowest BCUT2D eigenvalue weighted by Crippen LogP contribution is -2.48. The molecule has 0 saturated heterocycles. The Balaban J connectivity index is 4.29. The number of nitrogens with two attached hydrogens (primary N) is 1. The number of hydrogen-bond acceptors (Lipinski definition) is 4. The molecule has 0 aliphatic carbocycles. The van der Waals surface area contributed by atoms with Gasteiger partial charge in [0.2, 0.25) is 0 Å². The lowest BCUT2D eigenvalue weighted by molar-refractivity contribution is 0.545. The molecule has 0 rings (SSSR count). The van der Waals surface area contributed by atoms with E-state index in [1.165, 1.54) is 6.26 Å². The van der Waals surface area contributed by atoms with Crippen LogP contribution in [0.2, 0.25) is 0 Å². The molecule has 0 fully saturated rings. The molecule has 0 aliphatic rings. The smallest absolute Gasteiger partial charge is 0.180 e. The quantitative estimate of drug-likeness (QED) is 0.329. The molecule has 0 aromatic rings. The molecule has 5 nitrogen and oxygen atoms in total. The van der Waals surface area contributed by atoms with Crippen LogP contribution in [0, 0.1) is 0 Å². The Bertz CT molecular complexity index is 284. The molecule has 4 N–H and O–H groups in total. The third kappa shape index (κ3) is 3.88. The van der Waals surface area contributed by atoms with Crippen LogP contribution in [0.15, 0.2) is 0 Å². The van der Waals surface area contributed by atoms with Crippen molar-refractivity contribution in [3.05, 3.63) is 0 Å². The van der Waals surface area contributed by atoms with Gasteiger partial charge in [-0.25, -0.2) is 14.3 Å². The highest BCUT2D eigenvalue weighted by atomic mass is 32.2. The highest BCUT2D eigenvalue weighted by Gasteiger charge is 2.29. The van der Waals surface area contributed by atoms with E-state index >= 15 is 0 Å². The number of hydrazine groups is 1. The van der Waals surface area contributed by atoms with Crippen molar-refractivity contribution in [2.24, 2.45) is 5.84 Å². The van der Waals surface area contributed by atoms with Gasteiger partial charge in [-0.05, 0) is 26.1 Å². The van der Waals surface area contributed by atoms with Crippen LogP contribution in [-0.2, 0) is 9.84 Å². The van der Waals surface area contributed by atoms with Crippen LogP contribution in [0.3, 0.4) is 0 Å². The third-order valence-electron chi connectivity index (χ3n) is 1.81. The van der Waals surface area contributed by atoms with Crippen LogP contribution >= 0.6 is 12.2 Å². The van der Waals surface area contributed by atoms with Gasteiger partial charge in [-0.1, -0.05) is 0 Å². The minimum atomic E-state index is -3.10. The first kappa shape index (κ1) is 12.6. The second-order valence-corrected chi connectivity index (χ2v) is 6.42. The maximum Gasteiger partial charge on any atom is 0.180 e. The number of nitrogens with one attached hydrogen (secondary N) is 2. The van der Waals surface area contributed by atoms with E-state index in [-0.39, 0.29) is 11.7 Å². The van der Waals surface area contributed by atoms with Crippen LogP contribution < -0.4 is 16.6 Å². The molecule has 0 spiro atoms. The first-order chi connectivity index (χ1) is 5.70. The van der Waals surface area contributed by atoms with E-state index in [2.05, 4.69) is 10.7 Å². The summed E-state index contributed by atoms with van der Waals surface area (Å²) in [5.74, 6) is 5.01. The molecule has 13 heavy (non-hydrogen) atoms. The van der Waals surface area contributed by atoms with E-state index in [1.807, 2.05) is 0 Å². The summed E-state index contributed by atoms with van der Waals surface area (Å²) in [7, 11) is -3.10. The van der Waals surface area contributed by atoms with Gasteiger partial charge in [0.25, 0.3) is 0 Å². The van der Waals surface area contributed by atoms with Gasteiger partial charge in [0.05, 0.1) is 4.75 Å². The number of hydrogen-bond donors (Lipinski definition) is 3. The predicted octanol–water partition coefficient (Wildman–Crippen LogP) is -0.853. The van der Waals surface area contributed by atoms with Gasteiger partial charge in [0, 0.05) is 12.8 Å². The van der Waals surface area contributed by atoms with Crippen LogP contribution in [0.4, 0.5) is 0 Å². The number of sulfone groups is 1. The maximum atomic E-state index is 11.2. The maximum absolute atomic E-state index is 11.2. The summed E-state index contributed by atoms with van der Waals surface area (Å²) >= 11 is 4.70. The zero-order valence-corrected chi connectivity index (χ0v) is 9.55. The van der Waals surface area contributed by atoms with E-state index < -0.39 is 14.6 Å². The van der Waals surface area contributed by atoms with Gasteiger partial charge in [-0.2, -0.15) is 0 Å². The summed E-state index contributed by atoms with van der Waals surface area (Å²) in [5, 5.41) is 2.93. The van der Waals surface area contributed by atoms with Crippen molar-refractivity contribution in [2.45, 2.75) is 18.6 Å². The highest BCUT2D eigenvalue weighted by Crippen LogP contribution is 2.12. The predicted molar refractivity (Wildman–Crippen MR) is 56.8 cm³/mol. The van der Waals surface area contributed by atoms with Crippen molar-refractivity contribution < 1.29 is 8.42 Å². The van der Waals surface area contributed by atoms with E-state index in [0.29, 0.717) is 0 Å². The average Bonchev–Trinajstić information content (AvgIpc) is 1.98. The largest absolute Gasteiger partial charge is 0.360 e. The Labute approximate surface area is 84.0 Å². The second-order valence-electron chi connectivity index (χ2n) is 3.36. The molecular weight excluding hydrogens is 210 g/mol. The summed E-state index contributed by atoms with van der Waals surface area (Å²) in [6, 6.07) is 0. The Hall–Kier alpha value is -0.400. The summed E-state index contributed by atoms with van der Waals surface area (Å²) in [4.78, 5) is 0. The Kier molecular flexibility index (Phi) is 4.08. The van der Waals surface area contributed by atoms with Crippen LogP contribution in [0.25, 0.3) is 0 Å². The zero-order chi connectivity index (χ0) is 10.7. The van der Waals surface area contributed by atoms with E-state index in [4.69, 9.17) is 18.1 Å². The second kappa shape index (κ2) is 4.21. The van der Waals surface area contributed by atoms with Gasteiger partial charge in [0.15, 0.2) is 14.9 Å². The first-order valence-electron chi connectivity index (χ1n) is 3.65. The topological polar surface area (TPSA) is 84.2 Å². The molecule has 0 atom stereocenters. The Morgan fingerprint density at radius 1 is 1.54 bits per heavy atom. The van der Waals surface area contributed by atoms with Crippen molar-refractivity contribution in [3.8, 4) is 0 Å². The molecule has 0 radical (unpaired) electrons. The number of thiocarbonyl (C=S) groups is 1. The van der Waals surface area contributed by atoms with Crippen molar-refractivity contribution in [1.82, 2.24) is 10.7 Å². The summed E-state index contributed by atoms with van der Waals surface area (Å²) in [5.41, 5.74) is 2.21. The molecule has 0 saturated carbocycles. The standard InChI is InChI=1S/C6H15N3O2S2/c1-6(2,13(3,10)11)4-8-5(12)9-7/h4,7H2,1-3H3,(H2,8,9,12). The minimum Gasteiger partial charge on any atom is -0.360 e. The van der Waals surface area contributed by atoms with Crippen LogP contribution in [0.1, 0.15) is 13.8 Å². The number of rotatable bonds is 3. The molecule has 78 valence electrons. The lowest BCUT2D eigenvalue weighted by Gasteiger charge is -2.23. The molecular formula is C6H15N3O2S2. The molecule has 0 amide bonds. The Morgan fingerprint density at radius 3 is 2.31 bits per heavy atom. The van der Waals surface area contributed by atoms with Gasteiger partial charge in [-0.3, -0.25) is 0 Å². The molecule has 0 bridgehead atoms. The molecule has 0 aromatic carbocycles. The molecule has 7 heteroatoms. The first-order valence-corrected chi connectivity index (χ1v) is 5.95. The zero-order valence-electron chi connectivity index (χ0n) is 7.92. The fraction of sp³-hybridized carbons (Fsp3) is 0.833. The summed E-state index contributed by atoms with van der Waals surface area (Å²) in [6.45, 7) is 3.47. The van der Waals surface area contributed by atoms with Crippen LogP contribution in [0.5, 0.6) is 0 Å². The third-order valence-corrected chi connectivity index (χ3v) is 4.22. The summed E-state index contributed by atoms with van der Waals surface area (Å²) < 4.78 is 21.6. The van der Waals surface area contributed by atoms with Crippen LogP contribution in [-0.4, -0.2) is 31.1 Å². The molecule has 0 heterocycles. The lowest BCUT2D eigenvalue weighted by atomic mass is 10.2. The minimum absolute atomic E-state index is 0.231. The van der Waals surface area contributed by atoms with Crippen molar-refractivity contribution in [1.29, 1.82) is 0 Å². The normalized spacial score (nSPS) is 12.3.